The van der Waals surface area contributed by atoms with Crippen LogP contribution in [0.2, 0.25) is 0 Å². The van der Waals surface area contributed by atoms with Gasteiger partial charge in [0.15, 0.2) is 5.82 Å². The number of nitrogens with two attached hydrogens (primary N) is 1. The summed E-state index contributed by atoms with van der Waals surface area (Å²) in [6.07, 6.45) is 0.804. The highest BCUT2D eigenvalue weighted by atomic mass is 32.1. The van der Waals surface area contributed by atoms with Crippen molar-refractivity contribution < 1.29 is 0 Å². The highest BCUT2D eigenvalue weighted by Gasteiger charge is 2.26. The van der Waals surface area contributed by atoms with Crippen molar-refractivity contribution in [1.82, 2.24) is 9.97 Å². The smallest absolute Gasteiger partial charge is 0.172 e. The Morgan fingerprint density at radius 3 is 2.85 bits per heavy atom. The lowest BCUT2D eigenvalue weighted by atomic mass is 10.0. The van der Waals surface area contributed by atoms with Crippen molar-refractivity contribution in [3.05, 3.63) is 57.8 Å². The average molecular weight is 390 g/mol. The number of para-hydroxylation sites is 1. The zero-order valence-corrected chi connectivity index (χ0v) is 16.0. The number of benzene rings is 1. The third-order valence-electron chi connectivity index (χ3n) is 4.82. The summed E-state index contributed by atoms with van der Waals surface area (Å²) in [5.41, 5.74) is 8.75. The van der Waals surface area contributed by atoms with Gasteiger partial charge in [-0.1, -0.05) is 18.2 Å². The van der Waals surface area contributed by atoms with E-state index in [2.05, 4.69) is 17.0 Å². The van der Waals surface area contributed by atoms with Crippen molar-refractivity contribution in [3.63, 3.8) is 0 Å². The molecule has 27 heavy (non-hydrogen) atoms. The minimum atomic E-state index is 0.621. The summed E-state index contributed by atoms with van der Waals surface area (Å²) in [5, 5.41) is 13.1. The highest BCUT2D eigenvalue weighted by Crippen LogP contribution is 2.37. The van der Waals surface area contributed by atoms with Gasteiger partial charge in [-0.25, -0.2) is 9.97 Å². The maximum absolute atomic E-state index is 9.37. The van der Waals surface area contributed by atoms with Gasteiger partial charge in [0.05, 0.1) is 22.5 Å². The van der Waals surface area contributed by atoms with Crippen LogP contribution < -0.4 is 10.6 Å². The molecular weight excluding hydrogens is 374 g/mol. The van der Waals surface area contributed by atoms with Crippen LogP contribution in [0.3, 0.4) is 0 Å². The maximum Gasteiger partial charge on any atom is 0.172 e. The first-order valence-corrected chi connectivity index (χ1v) is 10.3. The first-order valence-electron chi connectivity index (χ1n) is 8.60. The Morgan fingerprint density at radius 1 is 1.15 bits per heavy atom. The molecule has 0 saturated carbocycles. The van der Waals surface area contributed by atoms with E-state index < -0.39 is 0 Å². The number of thiophene rings is 2. The second kappa shape index (κ2) is 6.34. The Kier molecular flexibility index (Phi) is 3.81. The zero-order valence-electron chi connectivity index (χ0n) is 14.3. The number of hydrogen-bond donors (Lipinski definition) is 1. The predicted molar refractivity (Wildman–Crippen MR) is 111 cm³/mol. The summed E-state index contributed by atoms with van der Waals surface area (Å²) >= 11 is 3.16. The first kappa shape index (κ1) is 16.2. The van der Waals surface area contributed by atoms with Crippen LogP contribution in [-0.2, 0) is 13.0 Å². The van der Waals surface area contributed by atoms with Crippen LogP contribution in [-0.4, -0.2) is 16.5 Å². The summed E-state index contributed by atoms with van der Waals surface area (Å²) in [5.74, 6) is 1.70. The summed E-state index contributed by atoms with van der Waals surface area (Å²) in [7, 11) is 0. The van der Waals surface area contributed by atoms with E-state index in [9.17, 15) is 5.26 Å². The molecule has 1 aliphatic heterocycles. The topological polar surface area (TPSA) is 78.8 Å². The van der Waals surface area contributed by atoms with Gasteiger partial charge in [0, 0.05) is 16.8 Å². The van der Waals surface area contributed by atoms with E-state index >= 15 is 0 Å². The van der Waals surface area contributed by atoms with Crippen LogP contribution in [0.15, 0.2) is 41.8 Å². The number of rotatable bonds is 2. The Bertz CT molecular complexity index is 1190. The predicted octanol–water partition coefficient (Wildman–Crippen LogP) is 4.44. The van der Waals surface area contributed by atoms with Crippen molar-refractivity contribution in [2.24, 2.45) is 0 Å². The Hall–Kier alpha value is -2.95. The van der Waals surface area contributed by atoms with E-state index in [1.807, 2.05) is 35.7 Å². The van der Waals surface area contributed by atoms with Crippen LogP contribution >= 0.6 is 22.7 Å². The molecule has 0 radical (unpaired) electrons. The van der Waals surface area contributed by atoms with Gasteiger partial charge in [-0.2, -0.15) is 5.26 Å². The lowest BCUT2D eigenvalue weighted by Crippen LogP contribution is -2.30. The number of nitrogens with zero attached hydrogens (tertiary/aromatic N) is 4. The second-order valence-corrected chi connectivity index (χ2v) is 8.48. The Labute approximate surface area is 164 Å². The minimum absolute atomic E-state index is 0.621. The second-order valence-electron chi connectivity index (χ2n) is 6.39. The number of fused-ring (bicyclic) bond motifs is 2. The standard InChI is InChI=1S/C20H15N5S2/c21-10-14-12-7-8-25(11-17(12)27-18(14)22)20-13-4-1-2-5-15(13)23-19(24-20)16-6-3-9-26-16/h1-6,9H,7-8,11,22H2. The zero-order chi connectivity index (χ0) is 18.4. The van der Waals surface area contributed by atoms with Gasteiger partial charge in [0.2, 0.25) is 0 Å². The van der Waals surface area contributed by atoms with Crippen molar-refractivity contribution in [2.45, 2.75) is 13.0 Å². The van der Waals surface area contributed by atoms with Crippen LogP contribution in [0.25, 0.3) is 21.6 Å². The molecule has 3 aromatic heterocycles. The number of hydrogen-bond acceptors (Lipinski definition) is 7. The fraction of sp³-hybridized carbons (Fsp3) is 0.150. The monoisotopic (exact) mass is 389 g/mol. The molecule has 0 saturated heterocycles. The van der Waals surface area contributed by atoms with Gasteiger partial charge in [-0.15, -0.1) is 22.7 Å². The summed E-state index contributed by atoms with van der Waals surface area (Å²) in [6.45, 7) is 1.53. The Morgan fingerprint density at radius 2 is 2.04 bits per heavy atom. The SMILES string of the molecule is N#Cc1c(N)sc2c1CCN(c1nc(-c3cccs3)nc3ccccc13)C2. The molecule has 0 spiro atoms. The lowest BCUT2D eigenvalue weighted by Gasteiger charge is -2.29. The van der Waals surface area contributed by atoms with Crippen LogP contribution in [0.1, 0.15) is 16.0 Å². The molecule has 0 aliphatic carbocycles. The molecule has 132 valence electrons. The summed E-state index contributed by atoms with van der Waals surface area (Å²) in [4.78, 5) is 14.2. The van der Waals surface area contributed by atoms with Gasteiger partial charge in [0.25, 0.3) is 0 Å². The molecule has 4 aromatic rings. The van der Waals surface area contributed by atoms with Crippen LogP contribution in [0.5, 0.6) is 0 Å². The molecule has 0 bridgehead atoms. The van der Waals surface area contributed by atoms with E-state index in [1.165, 1.54) is 11.3 Å². The number of anilines is 2. The molecule has 5 nitrogen and oxygen atoms in total. The highest BCUT2D eigenvalue weighted by molar-refractivity contribution is 7.16. The molecule has 0 unspecified atom stereocenters. The molecule has 5 rings (SSSR count). The molecule has 0 atom stereocenters. The van der Waals surface area contributed by atoms with E-state index in [0.717, 1.165) is 57.4 Å². The molecule has 2 N–H and O–H groups in total. The maximum atomic E-state index is 9.37. The molecule has 4 heterocycles. The van der Waals surface area contributed by atoms with E-state index in [0.29, 0.717) is 10.6 Å². The largest absolute Gasteiger partial charge is 0.389 e. The number of nitriles is 1. The molecule has 7 heteroatoms. The Balaban J connectivity index is 1.63. The van der Waals surface area contributed by atoms with Gasteiger partial charge in [0.1, 0.15) is 16.9 Å². The number of nitrogen functional groups attached to an aromatic ring is 1. The van der Waals surface area contributed by atoms with Crippen molar-refractivity contribution in [1.29, 1.82) is 5.26 Å². The van der Waals surface area contributed by atoms with Crippen molar-refractivity contribution in [3.8, 4) is 16.8 Å². The third-order valence-corrected chi connectivity index (χ3v) is 6.73. The fourth-order valence-electron chi connectivity index (χ4n) is 3.55. The van der Waals surface area contributed by atoms with Crippen LogP contribution in [0.4, 0.5) is 10.8 Å². The van der Waals surface area contributed by atoms with Gasteiger partial charge in [-0.05, 0) is 35.6 Å². The van der Waals surface area contributed by atoms with E-state index in [1.54, 1.807) is 11.3 Å². The van der Waals surface area contributed by atoms with Crippen molar-refractivity contribution >= 4 is 44.4 Å². The molecular formula is C20H15N5S2. The quantitative estimate of drug-likeness (QED) is 0.548. The molecule has 0 fully saturated rings. The molecule has 1 aromatic carbocycles. The summed E-state index contributed by atoms with van der Waals surface area (Å²) in [6, 6.07) is 14.5. The number of aromatic nitrogens is 2. The minimum Gasteiger partial charge on any atom is -0.389 e. The fourth-order valence-corrected chi connectivity index (χ4v) is 5.29. The van der Waals surface area contributed by atoms with E-state index in [4.69, 9.17) is 15.7 Å². The third kappa shape index (κ3) is 2.65. The van der Waals surface area contributed by atoms with E-state index in [-0.39, 0.29) is 0 Å². The van der Waals surface area contributed by atoms with Gasteiger partial charge < -0.3 is 10.6 Å². The lowest BCUT2D eigenvalue weighted by molar-refractivity contribution is 0.735. The average Bonchev–Trinajstić information content (AvgIpc) is 3.33. The molecule has 1 aliphatic rings. The van der Waals surface area contributed by atoms with Gasteiger partial charge in [-0.3, -0.25) is 0 Å². The summed E-state index contributed by atoms with van der Waals surface area (Å²) < 4.78 is 0. The molecule has 0 amide bonds. The van der Waals surface area contributed by atoms with Crippen LogP contribution in [0, 0.1) is 11.3 Å². The normalized spacial score (nSPS) is 13.5. The van der Waals surface area contributed by atoms with Gasteiger partial charge >= 0.3 is 0 Å². The first-order chi connectivity index (χ1) is 13.2. The van der Waals surface area contributed by atoms with Crippen molar-refractivity contribution in [2.75, 3.05) is 17.2 Å².